The topological polar surface area (TPSA) is 32.3 Å². The van der Waals surface area contributed by atoms with E-state index in [-0.39, 0.29) is 11.4 Å². The molecule has 0 atom stereocenters. The zero-order chi connectivity index (χ0) is 8.48. The standard InChI is InChI=1S/C5H5F3N2O/c6-5(7,8)10-2-1-9-3-4(10)11/h1-2,9H,3H2. The lowest BCUT2D eigenvalue weighted by atomic mass is 10.4. The van der Waals surface area contributed by atoms with Gasteiger partial charge in [0.05, 0.1) is 6.54 Å². The summed E-state index contributed by atoms with van der Waals surface area (Å²) in [5.74, 6) is -1.000. The molecule has 3 nitrogen and oxygen atoms in total. The highest BCUT2D eigenvalue weighted by Crippen LogP contribution is 2.22. The van der Waals surface area contributed by atoms with Crippen LogP contribution in [0.15, 0.2) is 12.4 Å². The van der Waals surface area contributed by atoms with E-state index in [0.29, 0.717) is 6.20 Å². The maximum Gasteiger partial charge on any atom is 0.491 e. The van der Waals surface area contributed by atoms with Crippen LogP contribution in [0.2, 0.25) is 0 Å². The molecule has 1 aliphatic rings. The SMILES string of the molecule is O=C1CNC=CN1C(F)(F)F. The zero-order valence-electron chi connectivity index (χ0n) is 5.35. The van der Waals surface area contributed by atoms with Gasteiger partial charge in [-0.15, -0.1) is 13.2 Å². The number of nitrogens with zero attached hydrogens (tertiary/aromatic N) is 1. The molecule has 0 aliphatic carbocycles. The number of nitrogens with one attached hydrogen (secondary N) is 1. The minimum Gasteiger partial charge on any atom is -0.381 e. The number of carbonyl (C=O) groups is 1. The summed E-state index contributed by atoms with van der Waals surface area (Å²) in [5.41, 5.74) is 0. The number of hydrogen-bond acceptors (Lipinski definition) is 2. The van der Waals surface area contributed by atoms with E-state index in [1.807, 2.05) is 0 Å². The van der Waals surface area contributed by atoms with Gasteiger partial charge in [-0.1, -0.05) is 0 Å². The van der Waals surface area contributed by atoms with E-state index in [4.69, 9.17) is 0 Å². The fraction of sp³-hybridized carbons (Fsp3) is 0.400. The largest absolute Gasteiger partial charge is 0.491 e. The molecule has 0 fully saturated rings. The molecular weight excluding hydrogens is 161 g/mol. The van der Waals surface area contributed by atoms with Gasteiger partial charge in [0.1, 0.15) is 0 Å². The molecule has 0 saturated carbocycles. The number of halogens is 3. The third-order valence-corrected chi connectivity index (χ3v) is 1.14. The Morgan fingerprint density at radius 1 is 1.55 bits per heavy atom. The second-order valence-corrected chi connectivity index (χ2v) is 1.93. The molecule has 1 N–H and O–H groups in total. The smallest absolute Gasteiger partial charge is 0.381 e. The van der Waals surface area contributed by atoms with Crippen molar-refractivity contribution in [1.82, 2.24) is 10.2 Å². The lowest BCUT2D eigenvalue weighted by Gasteiger charge is -2.23. The summed E-state index contributed by atoms with van der Waals surface area (Å²) in [5, 5.41) is 2.36. The Morgan fingerprint density at radius 2 is 2.18 bits per heavy atom. The summed E-state index contributed by atoms with van der Waals surface area (Å²) in [6, 6.07) is 0. The second-order valence-electron chi connectivity index (χ2n) is 1.93. The molecular formula is C5H5F3N2O. The molecule has 1 aliphatic heterocycles. The summed E-state index contributed by atoms with van der Waals surface area (Å²) in [6.07, 6.45) is -2.86. The van der Waals surface area contributed by atoms with Gasteiger partial charge < -0.3 is 5.32 Å². The summed E-state index contributed by atoms with van der Waals surface area (Å²) in [7, 11) is 0. The number of alkyl halides is 3. The van der Waals surface area contributed by atoms with Gasteiger partial charge in [0, 0.05) is 12.4 Å². The van der Waals surface area contributed by atoms with Crippen molar-refractivity contribution in [3.63, 3.8) is 0 Å². The molecule has 0 spiro atoms. The first-order valence-corrected chi connectivity index (χ1v) is 2.81. The molecule has 11 heavy (non-hydrogen) atoms. The summed E-state index contributed by atoms with van der Waals surface area (Å²) < 4.78 is 35.5. The fourth-order valence-corrected chi connectivity index (χ4v) is 0.668. The monoisotopic (exact) mass is 166 g/mol. The van der Waals surface area contributed by atoms with E-state index in [9.17, 15) is 18.0 Å². The Labute approximate surface area is 60.5 Å². The fourth-order valence-electron chi connectivity index (χ4n) is 0.668. The molecule has 0 aromatic rings. The zero-order valence-corrected chi connectivity index (χ0v) is 5.35. The number of hydrogen-bond donors (Lipinski definition) is 1. The van der Waals surface area contributed by atoms with E-state index in [1.54, 1.807) is 0 Å². The number of amides is 1. The second kappa shape index (κ2) is 2.44. The lowest BCUT2D eigenvalue weighted by molar-refractivity contribution is -0.226. The van der Waals surface area contributed by atoms with Crippen LogP contribution in [0.25, 0.3) is 0 Å². The number of rotatable bonds is 0. The van der Waals surface area contributed by atoms with Gasteiger partial charge in [-0.05, 0) is 0 Å². The van der Waals surface area contributed by atoms with Crippen LogP contribution in [0.1, 0.15) is 0 Å². The molecule has 0 unspecified atom stereocenters. The van der Waals surface area contributed by atoms with E-state index < -0.39 is 12.2 Å². The molecule has 0 aromatic carbocycles. The van der Waals surface area contributed by atoms with Crippen molar-refractivity contribution in [3.05, 3.63) is 12.4 Å². The normalized spacial score (nSPS) is 18.5. The van der Waals surface area contributed by atoms with Crippen LogP contribution in [-0.4, -0.2) is 23.7 Å². The maximum atomic E-state index is 11.8. The van der Waals surface area contributed by atoms with Crippen molar-refractivity contribution in [3.8, 4) is 0 Å². The van der Waals surface area contributed by atoms with E-state index >= 15 is 0 Å². The van der Waals surface area contributed by atoms with Gasteiger partial charge >= 0.3 is 6.30 Å². The highest BCUT2D eigenvalue weighted by molar-refractivity contribution is 5.80. The van der Waals surface area contributed by atoms with E-state index in [1.165, 1.54) is 0 Å². The molecule has 0 bridgehead atoms. The van der Waals surface area contributed by atoms with Gasteiger partial charge in [-0.2, -0.15) is 0 Å². The predicted octanol–water partition coefficient (Wildman–Crippen LogP) is 0.409. The molecule has 62 valence electrons. The van der Waals surface area contributed by atoms with Crippen molar-refractivity contribution < 1.29 is 18.0 Å². The van der Waals surface area contributed by atoms with Crippen molar-refractivity contribution in [1.29, 1.82) is 0 Å². The Bertz CT molecular complexity index is 198. The minimum atomic E-state index is -4.60. The third kappa shape index (κ3) is 1.63. The van der Waals surface area contributed by atoms with Crippen LogP contribution >= 0.6 is 0 Å². The Morgan fingerprint density at radius 3 is 2.55 bits per heavy atom. The van der Waals surface area contributed by atoms with Crippen molar-refractivity contribution >= 4 is 5.91 Å². The molecule has 1 heterocycles. The molecule has 0 saturated heterocycles. The average Bonchev–Trinajstić information content (AvgIpc) is 1.86. The maximum absolute atomic E-state index is 11.8. The van der Waals surface area contributed by atoms with Crippen LogP contribution in [0.4, 0.5) is 13.2 Å². The minimum absolute atomic E-state index is 0.260. The highest BCUT2D eigenvalue weighted by Gasteiger charge is 2.40. The lowest BCUT2D eigenvalue weighted by Crippen LogP contribution is -2.45. The Hall–Kier alpha value is -1.20. The van der Waals surface area contributed by atoms with Gasteiger partial charge in [-0.3, -0.25) is 4.79 Å². The number of carbonyl (C=O) groups excluding carboxylic acids is 1. The highest BCUT2D eigenvalue weighted by atomic mass is 19.4. The van der Waals surface area contributed by atoms with Crippen LogP contribution in [0.3, 0.4) is 0 Å². The first kappa shape index (κ1) is 7.90. The first-order valence-electron chi connectivity index (χ1n) is 2.81. The van der Waals surface area contributed by atoms with Crippen LogP contribution in [0, 0.1) is 0 Å². The average molecular weight is 166 g/mol. The Kier molecular flexibility index (Phi) is 1.76. The first-order chi connectivity index (χ1) is 5.02. The molecule has 6 heteroatoms. The van der Waals surface area contributed by atoms with Crippen molar-refractivity contribution in [2.75, 3.05) is 6.54 Å². The predicted molar refractivity (Wildman–Crippen MR) is 30.0 cm³/mol. The molecule has 0 radical (unpaired) electrons. The Balaban J connectivity index is 2.77. The van der Waals surface area contributed by atoms with Gasteiger partial charge in [0.25, 0.3) is 5.91 Å². The quantitative estimate of drug-likeness (QED) is 0.528. The van der Waals surface area contributed by atoms with Crippen LogP contribution < -0.4 is 5.32 Å². The summed E-state index contributed by atoms with van der Waals surface area (Å²) >= 11 is 0. The van der Waals surface area contributed by atoms with Crippen LogP contribution in [0.5, 0.6) is 0 Å². The molecule has 1 amide bonds. The summed E-state index contributed by atoms with van der Waals surface area (Å²) in [6.45, 7) is -0.310. The molecule has 0 aromatic heterocycles. The van der Waals surface area contributed by atoms with E-state index in [2.05, 4.69) is 5.32 Å². The summed E-state index contributed by atoms with van der Waals surface area (Å²) in [4.78, 5) is 10.3. The van der Waals surface area contributed by atoms with Gasteiger partial charge in [0.15, 0.2) is 0 Å². The molecule has 1 rings (SSSR count). The van der Waals surface area contributed by atoms with Crippen molar-refractivity contribution in [2.45, 2.75) is 6.30 Å². The van der Waals surface area contributed by atoms with Crippen LogP contribution in [-0.2, 0) is 4.79 Å². The van der Waals surface area contributed by atoms with Crippen molar-refractivity contribution in [2.24, 2.45) is 0 Å². The van der Waals surface area contributed by atoms with Gasteiger partial charge in [-0.25, -0.2) is 4.90 Å². The van der Waals surface area contributed by atoms with E-state index in [0.717, 1.165) is 6.20 Å². The van der Waals surface area contributed by atoms with Gasteiger partial charge in [0.2, 0.25) is 0 Å². The third-order valence-electron chi connectivity index (χ3n) is 1.14.